The number of benzene rings is 1. The zero-order valence-electron chi connectivity index (χ0n) is 10.1. The van der Waals surface area contributed by atoms with E-state index in [4.69, 9.17) is 5.11 Å². The summed E-state index contributed by atoms with van der Waals surface area (Å²) in [5, 5.41) is 8.55. The number of aliphatic carboxylic acids is 1. The smallest absolute Gasteiger partial charge is 0.305 e. The molecule has 0 aromatic heterocycles. The molecule has 17 heavy (non-hydrogen) atoms. The molecule has 0 spiro atoms. The Bertz CT molecular complexity index is 398. The summed E-state index contributed by atoms with van der Waals surface area (Å²) < 4.78 is 0. The average Bonchev–Trinajstić information content (AvgIpc) is 2.35. The summed E-state index contributed by atoms with van der Waals surface area (Å²) >= 11 is 0. The summed E-state index contributed by atoms with van der Waals surface area (Å²) in [5.74, 6) is -1.04. The molecule has 0 radical (unpaired) electrons. The molecule has 0 bridgehead atoms. The second-order valence-corrected chi connectivity index (χ2v) is 3.92. The van der Waals surface area contributed by atoms with E-state index in [0.717, 1.165) is 6.42 Å². The highest BCUT2D eigenvalue weighted by atomic mass is 16.4. The first kappa shape index (κ1) is 13.2. The molecule has 0 aliphatic heterocycles. The Morgan fingerprint density at radius 2 is 1.82 bits per heavy atom. The van der Waals surface area contributed by atoms with Gasteiger partial charge in [0.25, 0.3) is 5.91 Å². The van der Waals surface area contributed by atoms with Crippen LogP contribution in [0.4, 0.5) is 0 Å². The molecule has 0 aliphatic carbocycles. The molecule has 4 heteroatoms. The lowest BCUT2D eigenvalue weighted by Crippen LogP contribution is -2.28. The van der Waals surface area contributed by atoms with E-state index in [-0.39, 0.29) is 18.9 Å². The quantitative estimate of drug-likeness (QED) is 0.846. The molecule has 0 atom stereocenters. The predicted molar refractivity (Wildman–Crippen MR) is 65.0 cm³/mol. The SMILES string of the molecule is CCc1ccc(C(=O)N(C)CCC(=O)O)cc1. The van der Waals surface area contributed by atoms with Crippen molar-refractivity contribution in [2.24, 2.45) is 0 Å². The molecule has 0 fully saturated rings. The molecule has 0 aliphatic rings. The van der Waals surface area contributed by atoms with Crippen molar-refractivity contribution in [1.82, 2.24) is 4.90 Å². The van der Waals surface area contributed by atoms with Gasteiger partial charge in [0.05, 0.1) is 6.42 Å². The van der Waals surface area contributed by atoms with Gasteiger partial charge in [0.1, 0.15) is 0 Å². The van der Waals surface area contributed by atoms with Gasteiger partial charge in [-0.2, -0.15) is 0 Å². The van der Waals surface area contributed by atoms with Crippen molar-refractivity contribution >= 4 is 11.9 Å². The van der Waals surface area contributed by atoms with Crippen LogP contribution in [-0.2, 0) is 11.2 Å². The molecule has 1 amide bonds. The number of carboxylic acids is 1. The minimum atomic E-state index is -0.897. The average molecular weight is 235 g/mol. The van der Waals surface area contributed by atoms with Crippen LogP contribution in [0.2, 0.25) is 0 Å². The number of carbonyl (C=O) groups is 2. The van der Waals surface area contributed by atoms with E-state index in [0.29, 0.717) is 5.56 Å². The lowest BCUT2D eigenvalue weighted by molar-refractivity contribution is -0.137. The van der Waals surface area contributed by atoms with Crippen LogP contribution in [-0.4, -0.2) is 35.5 Å². The minimum absolute atomic E-state index is 0.0325. The fourth-order valence-electron chi connectivity index (χ4n) is 1.47. The highest BCUT2D eigenvalue weighted by Gasteiger charge is 2.12. The number of rotatable bonds is 5. The van der Waals surface area contributed by atoms with E-state index in [1.165, 1.54) is 10.5 Å². The van der Waals surface area contributed by atoms with E-state index in [1.807, 2.05) is 12.1 Å². The van der Waals surface area contributed by atoms with Gasteiger partial charge in [-0.3, -0.25) is 9.59 Å². The Labute approximate surface area is 101 Å². The number of aryl methyl sites for hydroxylation is 1. The van der Waals surface area contributed by atoms with Crippen LogP contribution in [0.5, 0.6) is 0 Å². The molecule has 1 N–H and O–H groups in total. The normalized spacial score (nSPS) is 10.0. The van der Waals surface area contributed by atoms with Crippen LogP contribution in [0.25, 0.3) is 0 Å². The number of nitrogens with zero attached hydrogens (tertiary/aromatic N) is 1. The topological polar surface area (TPSA) is 57.6 Å². The molecule has 0 heterocycles. The van der Waals surface area contributed by atoms with Gasteiger partial charge in [0.15, 0.2) is 0 Å². The Hall–Kier alpha value is -1.84. The fraction of sp³-hybridized carbons (Fsp3) is 0.385. The standard InChI is InChI=1S/C13H17NO3/c1-3-10-4-6-11(7-5-10)13(17)14(2)9-8-12(15)16/h4-7H,3,8-9H2,1-2H3,(H,15,16). The van der Waals surface area contributed by atoms with Crippen molar-refractivity contribution in [3.05, 3.63) is 35.4 Å². The first-order chi connectivity index (χ1) is 8.04. The number of carbonyl (C=O) groups excluding carboxylic acids is 1. The van der Waals surface area contributed by atoms with E-state index >= 15 is 0 Å². The van der Waals surface area contributed by atoms with Crippen LogP contribution in [0, 0.1) is 0 Å². The highest BCUT2D eigenvalue weighted by molar-refractivity contribution is 5.94. The van der Waals surface area contributed by atoms with E-state index in [1.54, 1.807) is 19.2 Å². The van der Waals surface area contributed by atoms with Crippen molar-refractivity contribution < 1.29 is 14.7 Å². The molecule has 1 rings (SSSR count). The van der Waals surface area contributed by atoms with Gasteiger partial charge in [-0.15, -0.1) is 0 Å². The lowest BCUT2D eigenvalue weighted by atomic mass is 10.1. The Balaban J connectivity index is 2.64. The zero-order valence-corrected chi connectivity index (χ0v) is 10.1. The van der Waals surface area contributed by atoms with Crippen LogP contribution in [0.15, 0.2) is 24.3 Å². The molecule has 1 aromatic carbocycles. The van der Waals surface area contributed by atoms with Crippen molar-refractivity contribution in [2.75, 3.05) is 13.6 Å². The second kappa shape index (κ2) is 6.03. The maximum absolute atomic E-state index is 11.9. The van der Waals surface area contributed by atoms with Crippen molar-refractivity contribution in [2.45, 2.75) is 19.8 Å². The minimum Gasteiger partial charge on any atom is -0.481 e. The van der Waals surface area contributed by atoms with E-state index in [9.17, 15) is 9.59 Å². The van der Waals surface area contributed by atoms with E-state index < -0.39 is 5.97 Å². The van der Waals surface area contributed by atoms with Gasteiger partial charge in [-0.1, -0.05) is 19.1 Å². The van der Waals surface area contributed by atoms with Crippen molar-refractivity contribution in [3.63, 3.8) is 0 Å². The Morgan fingerprint density at radius 3 is 2.29 bits per heavy atom. The van der Waals surface area contributed by atoms with Crippen molar-refractivity contribution in [1.29, 1.82) is 0 Å². The summed E-state index contributed by atoms with van der Waals surface area (Å²) in [6.07, 6.45) is 0.901. The summed E-state index contributed by atoms with van der Waals surface area (Å²) in [7, 11) is 1.61. The molecule has 4 nitrogen and oxygen atoms in total. The Morgan fingerprint density at radius 1 is 1.24 bits per heavy atom. The van der Waals surface area contributed by atoms with Crippen LogP contribution in [0.1, 0.15) is 29.3 Å². The second-order valence-electron chi connectivity index (χ2n) is 3.92. The molecular weight excluding hydrogens is 218 g/mol. The van der Waals surface area contributed by atoms with Crippen LogP contribution < -0.4 is 0 Å². The lowest BCUT2D eigenvalue weighted by Gasteiger charge is -2.16. The third-order valence-corrected chi connectivity index (χ3v) is 2.62. The highest BCUT2D eigenvalue weighted by Crippen LogP contribution is 2.07. The predicted octanol–water partition coefficient (Wildman–Crippen LogP) is 1.80. The number of carboxylic acid groups (broad SMARTS) is 1. The fourth-order valence-corrected chi connectivity index (χ4v) is 1.47. The van der Waals surface area contributed by atoms with Gasteiger partial charge < -0.3 is 10.0 Å². The number of hydrogen-bond acceptors (Lipinski definition) is 2. The largest absolute Gasteiger partial charge is 0.481 e. The number of amides is 1. The first-order valence-corrected chi connectivity index (χ1v) is 5.60. The monoisotopic (exact) mass is 235 g/mol. The van der Waals surface area contributed by atoms with Gasteiger partial charge in [0.2, 0.25) is 0 Å². The molecular formula is C13H17NO3. The van der Waals surface area contributed by atoms with E-state index in [2.05, 4.69) is 6.92 Å². The summed E-state index contributed by atoms with van der Waals surface area (Å²) in [6, 6.07) is 7.38. The molecule has 0 unspecified atom stereocenters. The zero-order chi connectivity index (χ0) is 12.8. The summed E-state index contributed by atoms with van der Waals surface area (Å²) in [4.78, 5) is 23.7. The van der Waals surface area contributed by atoms with Gasteiger partial charge in [0, 0.05) is 19.2 Å². The maximum atomic E-state index is 11.9. The third-order valence-electron chi connectivity index (χ3n) is 2.62. The summed E-state index contributed by atoms with van der Waals surface area (Å²) in [6.45, 7) is 2.28. The molecule has 1 aromatic rings. The maximum Gasteiger partial charge on any atom is 0.305 e. The van der Waals surface area contributed by atoms with Crippen LogP contribution >= 0.6 is 0 Å². The molecule has 0 saturated heterocycles. The first-order valence-electron chi connectivity index (χ1n) is 5.60. The summed E-state index contributed by atoms with van der Waals surface area (Å²) in [5.41, 5.74) is 1.77. The molecule has 0 saturated carbocycles. The van der Waals surface area contributed by atoms with Gasteiger partial charge in [-0.25, -0.2) is 0 Å². The third kappa shape index (κ3) is 3.90. The molecule has 92 valence electrons. The van der Waals surface area contributed by atoms with Gasteiger partial charge in [-0.05, 0) is 24.1 Å². The van der Waals surface area contributed by atoms with Crippen molar-refractivity contribution in [3.8, 4) is 0 Å². The van der Waals surface area contributed by atoms with Crippen LogP contribution in [0.3, 0.4) is 0 Å². The Kier molecular flexibility index (Phi) is 4.69. The number of hydrogen-bond donors (Lipinski definition) is 1. The van der Waals surface area contributed by atoms with Gasteiger partial charge >= 0.3 is 5.97 Å².